The molecule has 1 N–H and O–H groups in total. The van der Waals surface area contributed by atoms with E-state index in [1.807, 2.05) is 18.2 Å². The highest BCUT2D eigenvalue weighted by atomic mass is 35.5. The van der Waals surface area contributed by atoms with E-state index in [9.17, 15) is 5.11 Å². The highest BCUT2D eigenvalue weighted by Gasteiger charge is 2.25. The molecule has 1 aromatic rings. The summed E-state index contributed by atoms with van der Waals surface area (Å²) >= 11 is 12.2. The Bertz CT molecular complexity index is 348. The number of halogens is 2. The summed E-state index contributed by atoms with van der Waals surface area (Å²) in [6, 6.07) is 5.46. The van der Waals surface area contributed by atoms with Gasteiger partial charge in [0.2, 0.25) is 0 Å². The lowest BCUT2D eigenvalue weighted by Crippen LogP contribution is -2.33. The van der Waals surface area contributed by atoms with Crippen LogP contribution in [0.25, 0.3) is 0 Å². The summed E-state index contributed by atoms with van der Waals surface area (Å²) in [7, 11) is 0. The zero-order chi connectivity index (χ0) is 11.5. The van der Waals surface area contributed by atoms with Gasteiger partial charge in [-0.15, -0.1) is 0 Å². The van der Waals surface area contributed by atoms with Gasteiger partial charge in [-0.2, -0.15) is 0 Å². The van der Waals surface area contributed by atoms with Crippen molar-refractivity contribution in [3.05, 3.63) is 33.8 Å². The van der Waals surface area contributed by atoms with Crippen LogP contribution in [-0.2, 0) is 11.2 Å². The maximum atomic E-state index is 9.85. The Morgan fingerprint density at radius 1 is 1.31 bits per heavy atom. The van der Waals surface area contributed by atoms with Gasteiger partial charge in [-0.25, -0.2) is 0 Å². The molecule has 0 aromatic heterocycles. The molecule has 0 bridgehead atoms. The van der Waals surface area contributed by atoms with Crippen molar-refractivity contribution in [2.75, 3.05) is 13.2 Å². The highest BCUT2D eigenvalue weighted by Crippen LogP contribution is 2.29. The first-order valence-corrected chi connectivity index (χ1v) is 6.13. The van der Waals surface area contributed by atoms with Crippen LogP contribution >= 0.6 is 23.2 Å². The Labute approximate surface area is 105 Å². The van der Waals surface area contributed by atoms with E-state index in [2.05, 4.69) is 0 Å². The first kappa shape index (κ1) is 12.2. The third-order valence-corrected chi connectivity index (χ3v) is 3.67. The topological polar surface area (TPSA) is 29.5 Å². The third kappa shape index (κ3) is 2.69. The first-order chi connectivity index (χ1) is 7.68. The fourth-order valence-electron chi connectivity index (χ4n) is 1.97. The van der Waals surface area contributed by atoms with Gasteiger partial charge in [0.25, 0.3) is 0 Å². The summed E-state index contributed by atoms with van der Waals surface area (Å²) in [5.41, 5.74) is 0.903. The van der Waals surface area contributed by atoms with E-state index in [0.717, 1.165) is 5.56 Å². The Morgan fingerprint density at radius 3 is 2.62 bits per heavy atom. The molecule has 16 heavy (non-hydrogen) atoms. The Morgan fingerprint density at radius 2 is 2.00 bits per heavy atom. The minimum atomic E-state index is -0.318. The third-order valence-electron chi connectivity index (χ3n) is 2.96. The number of hydrogen-bond acceptors (Lipinski definition) is 2. The largest absolute Gasteiger partial charge is 0.393 e. The molecule has 1 heterocycles. The fourth-order valence-corrected chi connectivity index (χ4v) is 2.52. The molecule has 0 aliphatic carbocycles. The van der Waals surface area contributed by atoms with E-state index in [4.69, 9.17) is 27.9 Å². The summed E-state index contributed by atoms with van der Waals surface area (Å²) in [5.74, 6) is 0.0890. The first-order valence-electron chi connectivity index (χ1n) is 5.37. The van der Waals surface area contributed by atoms with Gasteiger partial charge in [0, 0.05) is 22.6 Å². The monoisotopic (exact) mass is 260 g/mol. The van der Waals surface area contributed by atoms with Crippen molar-refractivity contribution in [2.24, 2.45) is 5.92 Å². The predicted molar refractivity (Wildman–Crippen MR) is 65.1 cm³/mol. The number of aliphatic hydroxyl groups excluding tert-OH is 1. The van der Waals surface area contributed by atoms with Gasteiger partial charge in [0.15, 0.2) is 0 Å². The molecular weight excluding hydrogens is 247 g/mol. The average molecular weight is 261 g/mol. The second-order valence-electron chi connectivity index (χ2n) is 4.10. The molecule has 1 fully saturated rings. The zero-order valence-corrected chi connectivity index (χ0v) is 10.3. The molecular formula is C12H14Cl2O2. The van der Waals surface area contributed by atoms with Crippen LogP contribution in [0.2, 0.25) is 10.0 Å². The van der Waals surface area contributed by atoms with Crippen LogP contribution in [0.3, 0.4) is 0 Å². The molecule has 2 rings (SSSR count). The van der Waals surface area contributed by atoms with Gasteiger partial charge in [-0.05, 0) is 30.5 Å². The molecule has 88 valence electrons. The van der Waals surface area contributed by atoms with Crippen molar-refractivity contribution in [3.63, 3.8) is 0 Å². The van der Waals surface area contributed by atoms with E-state index in [1.54, 1.807) is 0 Å². The maximum absolute atomic E-state index is 9.85. The van der Waals surface area contributed by atoms with Crippen LogP contribution in [0.5, 0.6) is 0 Å². The summed E-state index contributed by atoms with van der Waals surface area (Å²) in [5, 5.41) is 11.2. The molecule has 0 unspecified atom stereocenters. The summed E-state index contributed by atoms with van der Waals surface area (Å²) in [6.45, 7) is 1.20. The number of rotatable bonds is 2. The SMILES string of the molecule is O[C@H]1CCOC[C@H]1Cc1c(Cl)cccc1Cl. The van der Waals surface area contributed by atoms with Crippen molar-refractivity contribution in [1.82, 2.24) is 0 Å². The van der Waals surface area contributed by atoms with Crippen LogP contribution in [0, 0.1) is 5.92 Å². The molecule has 1 aromatic carbocycles. The molecule has 0 spiro atoms. The standard InChI is InChI=1S/C12H14Cl2O2/c13-10-2-1-3-11(14)9(10)6-8-7-16-5-4-12(8)15/h1-3,8,12,15H,4-7H2/t8-,12+/m1/s1. The second-order valence-corrected chi connectivity index (χ2v) is 4.91. The molecule has 4 heteroatoms. The van der Waals surface area contributed by atoms with E-state index >= 15 is 0 Å². The van der Waals surface area contributed by atoms with Gasteiger partial charge in [-0.1, -0.05) is 29.3 Å². The maximum Gasteiger partial charge on any atom is 0.0615 e. The van der Waals surface area contributed by atoms with Gasteiger partial charge in [-0.3, -0.25) is 0 Å². The summed E-state index contributed by atoms with van der Waals surface area (Å²) in [6.07, 6.45) is 1.04. The average Bonchev–Trinajstić information content (AvgIpc) is 2.26. The predicted octanol–water partition coefficient (Wildman–Crippen LogP) is 2.93. The molecule has 0 radical (unpaired) electrons. The molecule has 0 saturated carbocycles. The van der Waals surface area contributed by atoms with Crippen LogP contribution in [0.1, 0.15) is 12.0 Å². The number of ether oxygens (including phenoxy) is 1. The Balaban J connectivity index is 2.13. The van der Waals surface area contributed by atoms with Crippen molar-refractivity contribution < 1.29 is 9.84 Å². The Hall–Kier alpha value is -0.280. The van der Waals surface area contributed by atoms with E-state index in [1.165, 1.54) is 0 Å². The lowest BCUT2D eigenvalue weighted by molar-refractivity contribution is -0.0350. The minimum Gasteiger partial charge on any atom is -0.393 e. The number of hydrogen-bond donors (Lipinski definition) is 1. The summed E-state index contributed by atoms with van der Waals surface area (Å²) < 4.78 is 5.36. The minimum absolute atomic E-state index is 0.0890. The molecule has 1 aliphatic rings. The van der Waals surface area contributed by atoms with Crippen LogP contribution in [-0.4, -0.2) is 24.4 Å². The smallest absolute Gasteiger partial charge is 0.0615 e. The lowest BCUT2D eigenvalue weighted by Gasteiger charge is -2.28. The molecule has 1 saturated heterocycles. The molecule has 2 atom stereocenters. The molecule has 0 amide bonds. The zero-order valence-electron chi connectivity index (χ0n) is 8.83. The lowest BCUT2D eigenvalue weighted by atomic mass is 9.91. The van der Waals surface area contributed by atoms with E-state index in [-0.39, 0.29) is 12.0 Å². The van der Waals surface area contributed by atoms with Crippen molar-refractivity contribution in [1.29, 1.82) is 0 Å². The highest BCUT2D eigenvalue weighted by molar-refractivity contribution is 6.35. The quantitative estimate of drug-likeness (QED) is 0.886. The van der Waals surface area contributed by atoms with Crippen molar-refractivity contribution in [3.8, 4) is 0 Å². The Kier molecular flexibility index (Phi) is 4.09. The number of benzene rings is 1. The second kappa shape index (κ2) is 5.37. The summed E-state index contributed by atoms with van der Waals surface area (Å²) in [4.78, 5) is 0. The van der Waals surface area contributed by atoms with Gasteiger partial charge in [0.05, 0.1) is 12.7 Å². The van der Waals surface area contributed by atoms with Crippen LogP contribution in [0.4, 0.5) is 0 Å². The fraction of sp³-hybridized carbons (Fsp3) is 0.500. The van der Waals surface area contributed by atoms with E-state index < -0.39 is 0 Å². The molecule has 1 aliphatic heterocycles. The van der Waals surface area contributed by atoms with Gasteiger partial charge in [0.1, 0.15) is 0 Å². The molecule has 2 nitrogen and oxygen atoms in total. The van der Waals surface area contributed by atoms with Gasteiger partial charge >= 0.3 is 0 Å². The van der Waals surface area contributed by atoms with Crippen molar-refractivity contribution >= 4 is 23.2 Å². The van der Waals surface area contributed by atoms with Crippen molar-refractivity contribution in [2.45, 2.75) is 18.9 Å². The number of aliphatic hydroxyl groups is 1. The van der Waals surface area contributed by atoms with E-state index in [0.29, 0.717) is 36.1 Å². The van der Waals surface area contributed by atoms with Gasteiger partial charge < -0.3 is 9.84 Å². The van der Waals surface area contributed by atoms with Crippen LogP contribution in [0.15, 0.2) is 18.2 Å². The van der Waals surface area contributed by atoms with Crippen LogP contribution < -0.4 is 0 Å². The normalized spacial score (nSPS) is 25.7.